The van der Waals surface area contributed by atoms with Gasteiger partial charge in [0.05, 0.1) is 24.4 Å². The highest BCUT2D eigenvalue weighted by molar-refractivity contribution is 7.18. The van der Waals surface area contributed by atoms with Gasteiger partial charge in [-0.3, -0.25) is 4.79 Å². The van der Waals surface area contributed by atoms with Gasteiger partial charge in [-0.05, 0) is 25.1 Å². The summed E-state index contributed by atoms with van der Waals surface area (Å²) in [7, 11) is 3.66. The molecule has 1 amide bonds. The van der Waals surface area contributed by atoms with Crippen LogP contribution in [0.5, 0.6) is 5.75 Å². The molecule has 0 fully saturated rings. The van der Waals surface area contributed by atoms with Gasteiger partial charge in [-0.2, -0.15) is 0 Å². The van der Waals surface area contributed by atoms with Crippen molar-refractivity contribution in [2.24, 2.45) is 0 Å². The second-order valence-corrected chi connectivity index (χ2v) is 7.42. The van der Waals surface area contributed by atoms with Crippen LogP contribution in [0.25, 0.3) is 10.2 Å². The second-order valence-electron chi connectivity index (χ2n) is 6.35. The maximum atomic E-state index is 12.3. The van der Waals surface area contributed by atoms with E-state index in [2.05, 4.69) is 18.3 Å². The molecule has 136 valence electrons. The fourth-order valence-electron chi connectivity index (χ4n) is 2.80. The number of fused-ring (bicyclic) bond motifs is 1. The normalized spacial score (nSPS) is 13.3. The molecule has 1 unspecified atom stereocenters. The number of carbonyl (C=O) groups is 1. The summed E-state index contributed by atoms with van der Waals surface area (Å²) in [5.41, 5.74) is 1.99. The van der Waals surface area contributed by atoms with E-state index in [1.807, 2.05) is 49.5 Å². The lowest BCUT2D eigenvalue weighted by Crippen LogP contribution is -3.10. The van der Waals surface area contributed by atoms with Crippen molar-refractivity contribution in [2.75, 3.05) is 20.7 Å². The number of nitrogens with one attached hydrogen (secondary N) is 2. The fourth-order valence-corrected chi connectivity index (χ4v) is 3.91. The second kappa shape index (κ2) is 8.29. The maximum absolute atomic E-state index is 12.3. The van der Waals surface area contributed by atoms with Gasteiger partial charge in [0.2, 0.25) is 0 Å². The molecular formula is C20H24N3O2S+. The number of amides is 1. The summed E-state index contributed by atoms with van der Waals surface area (Å²) in [5.74, 6) is 0.803. The van der Waals surface area contributed by atoms with Crippen molar-refractivity contribution in [1.29, 1.82) is 0 Å². The summed E-state index contributed by atoms with van der Waals surface area (Å²) in [6, 6.07) is 16.0. The highest BCUT2D eigenvalue weighted by atomic mass is 32.1. The molecule has 0 saturated carbocycles. The van der Waals surface area contributed by atoms with E-state index in [1.165, 1.54) is 4.70 Å². The van der Waals surface area contributed by atoms with E-state index in [9.17, 15) is 4.79 Å². The zero-order valence-corrected chi connectivity index (χ0v) is 16.1. The minimum atomic E-state index is 0.0152. The van der Waals surface area contributed by atoms with Gasteiger partial charge in [-0.1, -0.05) is 30.3 Å². The first-order valence-corrected chi connectivity index (χ1v) is 9.46. The Morgan fingerprint density at radius 2 is 1.96 bits per heavy atom. The third-order valence-corrected chi connectivity index (χ3v) is 5.75. The molecule has 2 atom stereocenters. The van der Waals surface area contributed by atoms with Gasteiger partial charge in [0, 0.05) is 12.1 Å². The highest BCUT2D eigenvalue weighted by Crippen LogP contribution is 2.24. The Labute approximate surface area is 157 Å². The molecule has 0 radical (unpaired) electrons. The van der Waals surface area contributed by atoms with Crippen LogP contribution in [0.1, 0.15) is 23.5 Å². The molecule has 2 aromatic carbocycles. The third-order valence-electron chi connectivity index (χ3n) is 4.53. The molecule has 26 heavy (non-hydrogen) atoms. The minimum Gasteiger partial charge on any atom is -0.496 e. The van der Waals surface area contributed by atoms with Gasteiger partial charge >= 0.3 is 0 Å². The van der Waals surface area contributed by atoms with E-state index in [0.717, 1.165) is 26.7 Å². The number of hydrogen-bond acceptors (Lipinski definition) is 4. The topological polar surface area (TPSA) is 55.7 Å². The molecule has 1 aromatic heterocycles. The fraction of sp³-hybridized carbons (Fsp3) is 0.300. The summed E-state index contributed by atoms with van der Waals surface area (Å²) in [6.45, 7) is 2.97. The average Bonchev–Trinajstić information content (AvgIpc) is 3.10. The van der Waals surface area contributed by atoms with Crippen molar-refractivity contribution in [3.63, 3.8) is 0 Å². The number of thiazole rings is 1. The predicted molar refractivity (Wildman–Crippen MR) is 105 cm³/mol. The van der Waals surface area contributed by atoms with Crippen LogP contribution in [-0.2, 0) is 11.3 Å². The van der Waals surface area contributed by atoms with E-state index in [4.69, 9.17) is 9.72 Å². The monoisotopic (exact) mass is 370 g/mol. The summed E-state index contributed by atoms with van der Waals surface area (Å²) >= 11 is 1.70. The number of benzene rings is 2. The van der Waals surface area contributed by atoms with Crippen molar-refractivity contribution < 1.29 is 14.4 Å². The highest BCUT2D eigenvalue weighted by Gasteiger charge is 2.22. The molecule has 0 aliphatic rings. The lowest BCUT2D eigenvalue weighted by molar-refractivity contribution is -0.902. The molecular weight excluding hydrogens is 346 g/mol. The van der Waals surface area contributed by atoms with Crippen molar-refractivity contribution in [3.05, 3.63) is 59.1 Å². The lowest BCUT2D eigenvalue weighted by atomic mass is 10.2. The zero-order valence-electron chi connectivity index (χ0n) is 15.3. The first kappa shape index (κ1) is 18.4. The van der Waals surface area contributed by atoms with E-state index in [-0.39, 0.29) is 11.9 Å². The smallest absolute Gasteiger partial charge is 0.275 e. The Hall–Kier alpha value is -2.44. The largest absolute Gasteiger partial charge is 0.496 e. The molecule has 0 aliphatic carbocycles. The Morgan fingerprint density at radius 3 is 2.73 bits per heavy atom. The van der Waals surface area contributed by atoms with Gasteiger partial charge in [0.15, 0.2) is 11.6 Å². The zero-order chi connectivity index (χ0) is 18.5. The SMILES string of the molecule is COc1ccccc1CNC(=O)C[NH+](C)[C@@H](C)c1nc2ccccc2s1. The van der Waals surface area contributed by atoms with Crippen LogP contribution < -0.4 is 15.0 Å². The van der Waals surface area contributed by atoms with Crippen LogP contribution in [0.15, 0.2) is 48.5 Å². The maximum Gasteiger partial charge on any atom is 0.275 e. The molecule has 0 bridgehead atoms. The van der Waals surface area contributed by atoms with Crippen LogP contribution in [-0.4, -0.2) is 31.6 Å². The Kier molecular flexibility index (Phi) is 5.85. The van der Waals surface area contributed by atoms with E-state index in [1.54, 1.807) is 18.4 Å². The standard InChI is InChI=1S/C20H23N3O2S/c1-14(20-22-16-9-5-7-11-18(16)26-20)23(2)13-19(24)21-12-15-8-4-6-10-17(15)25-3/h4-11,14H,12-13H2,1-3H3,(H,21,24)/p+1/t14-/m0/s1. The molecule has 3 rings (SSSR count). The van der Waals surface area contributed by atoms with Crippen molar-refractivity contribution in [2.45, 2.75) is 19.5 Å². The molecule has 2 N–H and O–H groups in total. The third kappa shape index (κ3) is 4.20. The number of aromatic nitrogens is 1. The number of para-hydroxylation sites is 2. The van der Waals surface area contributed by atoms with Crippen molar-refractivity contribution in [3.8, 4) is 5.75 Å². The van der Waals surface area contributed by atoms with E-state index in [0.29, 0.717) is 13.1 Å². The number of carbonyl (C=O) groups excluding carboxylic acids is 1. The number of quaternary nitrogens is 1. The number of hydrogen-bond donors (Lipinski definition) is 2. The summed E-state index contributed by atoms with van der Waals surface area (Å²) in [6.07, 6.45) is 0. The summed E-state index contributed by atoms with van der Waals surface area (Å²) < 4.78 is 6.50. The van der Waals surface area contributed by atoms with Crippen molar-refractivity contribution in [1.82, 2.24) is 10.3 Å². The van der Waals surface area contributed by atoms with Crippen molar-refractivity contribution >= 4 is 27.5 Å². The van der Waals surface area contributed by atoms with Crippen LogP contribution >= 0.6 is 11.3 Å². The number of ether oxygens (including phenoxy) is 1. The Bertz CT molecular complexity index is 860. The first-order valence-electron chi connectivity index (χ1n) is 8.65. The number of rotatable bonds is 7. The van der Waals surface area contributed by atoms with Crippen LogP contribution in [0.3, 0.4) is 0 Å². The van der Waals surface area contributed by atoms with E-state index >= 15 is 0 Å². The van der Waals surface area contributed by atoms with Gasteiger partial charge in [0.25, 0.3) is 5.91 Å². The molecule has 5 nitrogen and oxygen atoms in total. The molecule has 0 aliphatic heterocycles. The van der Waals surface area contributed by atoms with Gasteiger partial charge in [-0.15, -0.1) is 11.3 Å². The Balaban J connectivity index is 1.58. The van der Waals surface area contributed by atoms with E-state index < -0.39 is 0 Å². The lowest BCUT2D eigenvalue weighted by Gasteiger charge is -2.19. The molecule has 1 heterocycles. The molecule has 3 aromatic rings. The van der Waals surface area contributed by atoms with Crippen LogP contribution in [0.2, 0.25) is 0 Å². The number of likely N-dealkylation sites (N-methyl/N-ethyl adjacent to an activating group) is 1. The minimum absolute atomic E-state index is 0.0152. The van der Waals surface area contributed by atoms with Gasteiger partial charge in [-0.25, -0.2) is 4.98 Å². The first-order chi connectivity index (χ1) is 12.6. The van der Waals surface area contributed by atoms with Crippen LogP contribution in [0, 0.1) is 0 Å². The molecule has 0 saturated heterocycles. The average molecular weight is 370 g/mol. The molecule has 6 heteroatoms. The number of nitrogens with zero attached hydrogens (tertiary/aromatic N) is 1. The number of methoxy groups -OCH3 is 1. The summed E-state index contributed by atoms with van der Waals surface area (Å²) in [5, 5.41) is 4.04. The summed E-state index contributed by atoms with van der Waals surface area (Å²) in [4.78, 5) is 18.2. The van der Waals surface area contributed by atoms with Gasteiger partial charge < -0.3 is 15.0 Å². The predicted octanol–water partition coefficient (Wildman–Crippen LogP) is 2.20. The van der Waals surface area contributed by atoms with Gasteiger partial charge in [0.1, 0.15) is 11.8 Å². The van der Waals surface area contributed by atoms with Crippen LogP contribution in [0.4, 0.5) is 0 Å². The quantitative estimate of drug-likeness (QED) is 0.670. The molecule has 0 spiro atoms. The Morgan fingerprint density at radius 1 is 1.23 bits per heavy atom.